The molecule has 1 aromatic rings. The number of alkyl halides is 1. The fraction of sp³-hybridized carbons (Fsp3) is 0.182. The average Bonchev–Trinajstić information content (AvgIpc) is 2.26. The Morgan fingerprint density at radius 2 is 2.36 bits per heavy atom. The molecular formula is C11H12BrNO. The standard InChI is InChI=1S/C11H12BrNO/c1-2-6-13-11(14)10-5-3-4-9(7-10)8-12/h2-5,7H,1,6,8H2,(H,13,14). The fourth-order valence-electron chi connectivity index (χ4n) is 1.06. The van der Waals surface area contributed by atoms with Gasteiger partial charge in [0.15, 0.2) is 0 Å². The zero-order chi connectivity index (χ0) is 10.4. The molecule has 0 atom stereocenters. The van der Waals surface area contributed by atoms with E-state index in [4.69, 9.17) is 0 Å². The topological polar surface area (TPSA) is 29.1 Å². The van der Waals surface area contributed by atoms with Crippen molar-refractivity contribution in [2.75, 3.05) is 6.54 Å². The van der Waals surface area contributed by atoms with E-state index in [-0.39, 0.29) is 5.91 Å². The third kappa shape index (κ3) is 3.00. The Hall–Kier alpha value is -1.09. The summed E-state index contributed by atoms with van der Waals surface area (Å²) in [6, 6.07) is 7.51. The second-order valence-corrected chi connectivity index (χ2v) is 3.39. The van der Waals surface area contributed by atoms with Crippen LogP contribution in [0.2, 0.25) is 0 Å². The highest BCUT2D eigenvalue weighted by molar-refractivity contribution is 9.08. The highest BCUT2D eigenvalue weighted by Gasteiger charge is 2.03. The van der Waals surface area contributed by atoms with Gasteiger partial charge in [-0.2, -0.15) is 0 Å². The van der Waals surface area contributed by atoms with Gasteiger partial charge in [-0.15, -0.1) is 6.58 Å². The van der Waals surface area contributed by atoms with E-state index in [0.717, 1.165) is 10.9 Å². The summed E-state index contributed by atoms with van der Waals surface area (Å²) < 4.78 is 0. The molecule has 0 bridgehead atoms. The van der Waals surface area contributed by atoms with Gasteiger partial charge >= 0.3 is 0 Å². The van der Waals surface area contributed by atoms with Crippen molar-refractivity contribution < 1.29 is 4.79 Å². The summed E-state index contributed by atoms with van der Waals surface area (Å²) in [7, 11) is 0. The molecule has 3 heteroatoms. The molecule has 0 spiro atoms. The Morgan fingerprint density at radius 3 is 3.00 bits per heavy atom. The number of benzene rings is 1. The van der Waals surface area contributed by atoms with Gasteiger partial charge in [-0.05, 0) is 17.7 Å². The quantitative estimate of drug-likeness (QED) is 0.649. The maximum atomic E-state index is 11.5. The lowest BCUT2D eigenvalue weighted by atomic mass is 10.1. The number of nitrogens with one attached hydrogen (secondary N) is 1. The molecule has 0 radical (unpaired) electrons. The number of carbonyl (C=O) groups is 1. The lowest BCUT2D eigenvalue weighted by molar-refractivity contribution is 0.0958. The van der Waals surface area contributed by atoms with Gasteiger partial charge in [-0.25, -0.2) is 0 Å². The number of rotatable bonds is 4. The van der Waals surface area contributed by atoms with Crippen LogP contribution in [0.5, 0.6) is 0 Å². The number of carbonyl (C=O) groups excluding carboxylic acids is 1. The predicted molar refractivity (Wildman–Crippen MR) is 61.6 cm³/mol. The Balaban J connectivity index is 2.73. The summed E-state index contributed by atoms with van der Waals surface area (Å²) in [4.78, 5) is 11.5. The largest absolute Gasteiger partial charge is 0.349 e. The van der Waals surface area contributed by atoms with Gasteiger partial charge in [-0.1, -0.05) is 34.1 Å². The van der Waals surface area contributed by atoms with E-state index in [0.29, 0.717) is 12.1 Å². The number of hydrogen-bond acceptors (Lipinski definition) is 1. The average molecular weight is 254 g/mol. The fourth-order valence-corrected chi connectivity index (χ4v) is 1.41. The van der Waals surface area contributed by atoms with Crippen LogP contribution >= 0.6 is 15.9 Å². The lowest BCUT2D eigenvalue weighted by Gasteiger charge is -2.03. The Labute approximate surface area is 92.1 Å². The highest BCUT2D eigenvalue weighted by atomic mass is 79.9. The summed E-state index contributed by atoms with van der Waals surface area (Å²) >= 11 is 3.35. The maximum Gasteiger partial charge on any atom is 0.251 e. The zero-order valence-electron chi connectivity index (χ0n) is 7.79. The first-order valence-corrected chi connectivity index (χ1v) is 5.44. The third-order valence-electron chi connectivity index (χ3n) is 1.75. The molecule has 0 aliphatic rings. The van der Waals surface area contributed by atoms with E-state index in [1.54, 1.807) is 12.1 Å². The first kappa shape index (κ1) is 11.0. The molecule has 0 saturated heterocycles. The van der Waals surface area contributed by atoms with Crippen molar-refractivity contribution in [3.05, 3.63) is 48.0 Å². The minimum atomic E-state index is -0.0623. The molecule has 74 valence electrons. The lowest BCUT2D eigenvalue weighted by Crippen LogP contribution is -2.23. The molecule has 0 heterocycles. The van der Waals surface area contributed by atoms with E-state index in [9.17, 15) is 4.79 Å². The van der Waals surface area contributed by atoms with Crippen molar-refractivity contribution in [2.24, 2.45) is 0 Å². The normalized spacial score (nSPS) is 9.50. The van der Waals surface area contributed by atoms with Gasteiger partial charge in [-0.3, -0.25) is 4.79 Å². The van der Waals surface area contributed by atoms with Crippen molar-refractivity contribution in [3.63, 3.8) is 0 Å². The van der Waals surface area contributed by atoms with E-state index in [1.807, 2.05) is 18.2 Å². The summed E-state index contributed by atoms with van der Waals surface area (Å²) in [5.41, 5.74) is 1.78. The monoisotopic (exact) mass is 253 g/mol. The van der Waals surface area contributed by atoms with E-state index < -0.39 is 0 Å². The second kappa shape index (κ2) is 5.60. The Bertz CT molecular complexity index is 336. The molecule has 0 aliphatic carbocycles. The zero-order valence-corrected chi connectivity index (χ0v) is 9.38. The summed E-state index contributed by atoms with van der Waals surface area (Å²) in [5, 5.41) is 3.49. The molecule has 0 fully saturated rings. The van der Waals surface area contributed by atoms with Gasteiger partial charge < -0.3 is 5.32 Å². The smallest absolute Gasteiger partial charge is 0.251 e. The molecule has 0 aromatic heterocycles. The van der Waals surface area contributed by atoms with Crippen LogP contribution in [-0.4, -0.2) is 12.5 Å². The van der Waals surface area contributed by atoms with Gasteiger partial charge in [0.25, 0.3) is 5.91 Å². The molecule has 1 rings (SSSR count). The van der Waals surface area contributed by atoms with Gasteiger partial charge in [0.1, 0.15) is 0 Å². The molecule has 2 nitrogen and oxygen atoms in total. The molecule has 0 saturated carbocycles. The molecule has 0 aliphatic heterocycles. The Kier molecular flexibility index (Phi) is 4.40. The van der Waals surface area contributed by atoms with E-state index in [1.165, 1.54) is 0 Å². The summed E-state index contributed by atoms with van der Waals surface area (Å²) in [6.45, 7) is 4.04. The summed E-state index contributed by atoms with van der Waals surface area (Å²) in [5.74, 6) is -0.0623. The van der Waals surface area contributed by atoms with Crippen LogP contribution in [0.1, 0.15) is 15.9 Å². The van der Waals surface area contributed by atoms with Crippen LogP contribution in [0.4, 0.5) is 0 Å². The van der Waals surface area contributed by atoms with Crippen molar-refractivity contribution >= 4 is 21.8 Å². The van der Waals surface area contributed by atoms with Crippen LogP contribution in [0.15, 0.2) is 36.9 Å². The first-order chi connectivity index (χ1) is 6.77. The van der Waals surface area contributed by atoms with E-state index in [2.05, 4.69) is 27.8 Å². The summed E-state index contributed by atoms with van der Waals surface area (Å²) in [6.07, 6.45) is 1.66. The Morgan fingerprint density at radius 1 is 1.57 bits per heavy atom. The van der Waals surface area contributed by atoms with Crippen LogP contribution in [0.25, 0.3) is 0 Å². The van der Waals surface area contributed by atoms with Gasteiger partial charge in [0.2, 0.25) is 0 Å². The second-order valence-electron chi connectivity index (χ2n) is 2.83. The number of amides is 1. The van der Waals surface area contributed by atoms with Gasteiger partial charge in [0.05, 0.1) is 0 Å². The van der Waals surface area contributed by atoms with Crippen LogP contribution in [0, 0.1) is 0 Å². The minimum absolute atomic E-state index is 0.0623. The number of hydrogen-bond donors (Lipinski definition) is 1. The predicted octanol–water partition coefficient (Wildman–Crippen LogP) is 2.50. The van der Waals surface area contributed by atoms with Crippen LogP contribution < -0.4 is 5.32 Å². The molecular weight excluding hydrogens is 242 g/mol. The molecule has 1 aromatic carbocycles. The molecule has 0 unspecified atom stereocenters. The van der Waals surface area contributed by atoms with Crippen LogP contribution in [-0.2, 0) is 5.33 Å². The van der Waals surface area contributed by atoms with Gasteiger partial charge in [0, 0.05) is 17.4 Å². The minimum Gasteiger partial charge on any atom is -0.349 e. The first-order valence-electron chi connectivity index (χ1n) is 4.32. The highest BCUT2D eigenvalue weighted by Crippen LogP contribution is 2.08. The van der Waals surface area contributed by atoms with Crippen molar-refractivity contribution in [1.29, 1.82) is 0 Å². The molecule has 1 N–H and O–H groups in total. The third-order valence-corrected chi connectivity index (χ3v) is 2.40. The van der Waals surface area contributed by atoms with Crippen molar-refractivity contribution in [2.45, 2.75) is 5.33 Å². The van der Waals surface area contributed by atoms with Crippen molar-refractivity contribution in [1.82, 2.24) is 5.32 Å². The molecule has 1 amide bonds. The van der Waals surface area contributed by atoms with Crippen molar-refractivity contribution in [3.8, 4) is 0 Å². The maximum absolute atomic E-state index is 11.5. The van der Waals surface area contributed by atoms with E-state index >= 15 is 0 Å². The SMILES string of the molecule is C=CCNC(=O)c1cccc(CBr)c1. The van der Waals surface area contributed by atoms with Crippen LogP contribution in [0.3, 0.4) is 0 Å². The number of halogens is 1. The molecule has 14 heavy (non-hydrogen) atoms.